The van der Waals surface area contributed by atoms with E-state index in [2.05, 4.69) is 35.6 Å². The van der Waals surface area contributed by atoms with E-state index < -0.39 is 16.1 Å². The van der Waals surface area contributed by atoms with E-state index in [0.29, 0.717) is 35.5 Å². The molecule has 2 amide bonds. The molecule has 0 bridgehead atoms. The second kappa shape index (κ2) is 13.3. The molecule has 2 heterocycles. The third-order valence-corrected chi connectivity index (χ3v) is 7.42. The van der Waals surface area contributed by atoms with Gasteiger partial charge in [-0.05, 0) is 47.4 Å². The van der Waals surface area contributed by atoms with E-state index in [-0.39, 0.29) is 16.9 Å². The van der Waals surface area contributed by atoms with Crippen LogP contribution in [0.25, 0.3) is 10.8 Å². The lowest BCUT2D eigenvalue weighted by atomic mass is 9.86. The number of hydrogen-bond donors (Lipinski definition) is 4. The van der Waals surface area contributed by atoms with Crippen molar-refractivity contribution in [3.63, 3.8) is 0 Å². The van der Waals surface area contributed by atoms with Gasteiger partial charge in [0, 0.05) is 29.2 Å². The Morgan fingerprint density at radius 1 is 0.848 bits per heavy atom. The fourth-order valence-corrected chi connectivity index (χ4v) is 5.22. The van der Waals surface area contributed by atoms with Crippen molar-refractivity contribution in [3.8, 4) is 17.4 Å². The zero-order valence-corrected chi connectivity index (χ0v) is 26.9. The highest BCUT2D eigenvalue weighted by Gasteiger charge is 2.22. The fourth-order valence-electron chi connectivity index (χ4n) is 4.66. The molecule has 0 aliphatic heterocycles. The van der Waals surface area contributed by atoms with Gasteiger partial charge in [0.2, 0.25) is 21.9 Å². The summed E-state index contributed by atoms with van der Waals surface area (Å²) in [5, 5.41) is 10.4. The quantitative estimate of drug-likeness (QED) is 0.129. The van der Waals surface area contributed by atoms with Gasteiger partial charge in [0.25, 0.3) is 0 Å². The highest BCUT2D eigenvalue weighted by molar-refractivity contribution is 7.92. The van der Waals surface area contributed by atoms with Crippen molar-refractivity contribution < 1.29 is 22.7 Å². The number of fused-ring (bicyclic) bond motifs is 1. The van der Waals surface area contributed by atoms with Gasteiger partial charge in [-0.25, -0.2) is 18.2 Å². The lowest BCUT2D eigenvalue weighted by Crippen LogP contribution is -2.22. The zero-order chi connectivity index (χ0) is 32.9. The average Bonchev–Trinajstić information content (AvgIpc) is 3.00. The number of carbonyl (C=O) groups is 1. The predicted octanol–water partition coefficient (Wildman–Crippen LogP) is 6.75. The maximum absolute atomic E-state index is 13.4. The smallest absolute Gasteiger partial charge is 0.323 e. The van der Waals surface area contributed by atoms with Crippen molar-refractivity contribution in [1.29, 1.82) is 0 Å². The number of aromatic nitrogens is 3. The molecule has 0 saturated carbocycles. The number of carbonyl (C=O) groups excluding carboxylic acids is 1. The van der Waals surface area contributed by atoms with Crippen LogP contribution < -0.4 is 30.1 Å². The summed E-state index contributed by atoms with van der Waals surface area (Å²) in [4.78, 5) is 26.4. The van der Waals surface area contributed by atoms with E-state index in [1.807, 2.05) is 63.2 Å². The molecule has 0 saturated heterocycles. The molecule has 5 aromatic rings. The summed E-state index contributed by atoms with van der Waals surface area (Å²) in [5.41, 5.74) is 2.35. The molecule has 0 aliphatic carbocycles. The molecule has 13 heteroatoms. The summed E-state index contributed by atoms with van der Waals surface area (Å²) >= 11 is 0. The molecule has 2 aromatic heterocycles. The Bertz CT molecular complexity index is 1980. The molecule has 0 spiro atoms. The SMILES string of the molecule is COc1c(NC(=O)Nc2ccc(Oc3ccnc(NCc4ccccn4)n3)c3ccccc23)cc(C(C)(C)C)cc1NS(C)(=O)=O. The van der Waals surface area contributed by atoms with Crippen molar-refractivity contribution in [1.82, 2.24) is 15.0 Å². The number of rotatable bonds is 10. The van der Waals surface area contributed by atoms with Crippen LogP contribution in [-0.2, 0) is 22.0 Å². The van der Waals surface area contributed by atoms with Crippen molar-refractivity contribution in [2.24, 2.45) is 0 Å². The van der Waals surface area contributed by atoms with E-state index in [1.54, 1.807) is 42.7 Å². The van der Waals surface area contributed by atoms with Crippen LogP contribution in [0.4, 0.5) is 27.8 Å². The second-order valence-electron chi connectivity index (χ2n) is 11.5. The van der Waals surface area contributed by atoms with Crippen LogP contribution in [0.3, 0.4) is 0 Å². The summed E-state index contributed by atoms with van der Waals surface area (Å²) in [6.07, 6.45) is 4.38. The Hall–Kier alpha value is -5.43. The van der Waals surface area contributed by atoms with Crippen LogP contribution in [0, 0.1) is 0 Å². The summed E-state index contributed by atoms with van der Waals surface area (Å²) in [7, 11) is -2.21. The Morgan fingerprint density at radius 2 is 1.57 bits per heavy atom. The number of nitrogens with one attached hydrogen (secondary N) is 4. The summed E-state index contributed by atoms with van der Waals surface area (Å²) < 4.78 is 38.3. The van der Waals surface area contributed by atoms with Gasteiger partial charge in [0.15, 0.2) is 5.75 Å². The topological polar surface area (TPSA) is 156 Å². The van der Waals surface area contributed by atoms with Crippen molar-refractivity contribution in [2.75, 3.05) is 34.0 Å². The normalized spacial score (nSPS) is 11.5. The average molecular weight is 642 g/mol. The summed E-state index contributed by atoms with van der Waals surface area (Å²) in [6, 6.07) is 21.2. The molecule has 0 atom stereocenters. The molecule has 5 rings (SSSR count). The Morgan fingerprint density at radius 3 is 2.26 bits per heavy atom. The van der Waals surface area contributed by atoms with Gasteiger partial charge in [-0.3, -0.25) is 9.71 Å². The maximum atomic E-state index is 13.4. The Kier molecular flexibility index (Phi) is 9.23. The molecular weight excluding hydrogens is 606 g/mol. The zero-order valence-electron chi connectivity index (χ0n) is 26.1. The van der Waals surface area contributed by atoms with Gasteiger partial charge in [-0.15, -0.1) is 0 Å². The highest BCUT2D eigenvalue weighted by atomic mass is 32.2. The third kappa shape index (κ3) is 7.99. The minimum atomic E-state index is -3.62. The van der Waals surface area contributed by atoms with Gasteiger partial charge in [-0.2, -0.15) is 4.98 Å². The minimum Gasteiger partial charge on any atom is -0.492 e. The first kappa shape index (κ1) is 32.0. The van der Waals surface area contributed by atoms with Crippen LogP contribution in [0.1, 0.15) is 32.0 Å². The number of hydrogen-bond acceptors (Lipinski definition) is 9. The van der Waals surface area contributed by atoms with Gasteiger partial charge in [-0.1, -0.05) is 51.1 Å². The minimum absolute atomic E-state index is 0.181. The van der Waals surface area contributed by atoms with Crippen LogP contribution in [-0.4, -0.2) is 42.8 Å². The van der Waals surface area contributed by atoms with Crippen LogP contribution in [0.5, 0.6) is 17.4 Å². The van der Waals surface area contributed by atoms with Crippen molar-refractivity contribution in [3.05, 3.63) is 96.4 Å². The van der Waals surface area contributed by atoms with Gasteiger partial charge in [0.05, 0.1) is 42.7 Å². The summed E-state index contributed by atoms with van der Waals surface area (Å²) in [6.45, 7) is 6.41. The standard InChI is InChI=1S/C33H35N7O5S/c1-33(2,3)21-18-26(30(44-4)27(19-21)40-46(5,42)43)38-32(41)37-25-13-14-28(24-12-7-6-11-23(24)25)45-29-15-17-35-31(39-29)36-20-22-10-8-9-16-34-22/h6-19,40H,20H2,1-5H3,(H,35,36,39)(H2,37,38,41). The fraction of sp³-hybridized carbons (Fsp3) is 0.212. The monoisotopic (exact) mass is 641 g/mol. The van der Waals surface area contributed by atoms with E-state index in [1.165, 1.54) is 7.11 Å². The Balaban J connectivity index is 1.37. The molecule has 0 fully saturated rings. The molecule has 238 valence electrons. The Labute approximate surface area is 267 Å². The molecule has 12 nitrogen and oxygen atoms in total. The first-order valence-corrected chi connectivity index (χ1v) is 16.2. The predicted molar refractivity (Wildman–Crippen MR) is 180 cm³/mol. The van der Waals surface area contributed by atoms with Crippen LogP contribution >= 0.6 is 0 Å². The van der Waals surface area contributed by atoms with Crippen molar-refractivity contribution in [2.45, 2.75) is 32.7 Å². The second-order valence-corrected chi connectivity index (χ2v) is 13.2. The van der Waals surface area contributed by atoms with Gasteiger partial charge < -0.3 is 25.4 Å². The first-order chi connectivity index (χ1) is 21.9. The number of ether oxygens (including phenoxy) is 2. The van der Waals surface area contributed by atoms with Crippen LogP contribution in [0.2, 0.25) is 0 Å². The maximum Gasteiger partial charge on any atom is 0.323 e. The number of pyridine rings is 1. The molecule has 0 unspecified atom stereocenters. The van der Waals surface area contributed by atoms with Crippen molar-refractivity contribution >= 4 is 49.8 Å². The third-order valence-electron chi connectivity index (χ3n) is 6.83. The first-order valence-electron chi connectivity index (χ1n) is 14.3. The van der Waals surface area contributed by atoms with Crippen LogP contribution in [0.15, 0.2) is 85.2 Å². The molecular formula is C33H35N7O5S. The molecule has 0 aliphatic rings. The molecule has 0 radical (unpaired) electrons. The number of amides is 2. The lowest BCUT2D eigenvalue weighted by Gasteiger charge is -2.24. The summed E-state index contributed by atoms with van der Waals surface area (Å²) in [5.74, 6) is 1.45. The highest BCUT2D eigenvalue weighted by Crippen LogP contribution is 2.39. The van der Waals surface area contributed by atoms with E-state index >= 15 is 0 Å². The largest absolute Gasteiger partial charge is 0.492 e. The van der Waals surface area contributed by atoms with Gasteiger partial charge >= 0.3 is 6.03 Å². The number of anilines is 4. The molecule has 4 N–H and O–H groups in total. The van der Waals surface area contributed by atoms with E-state index in [9.17, 15) is 13.2 Å². The molecule has 46 heavy (non-hydrogen) atoms. The number of methoxy groups -OCH3 is 1. The number of nitrogens with zero attached hydrogens (tertiary/aromatic N) is 3. The number of benzene rings is 3. The van der Waals surface area contributed by atoms with E-state index in [4.69, 9.17) is 9.47 Å². The molecule has 3 aromatic carbocycles. The van der Waals surface area contributed by atoms with E-state index in [0.717, 1.165) is 28.3 Å². The van der Waals surface area contributed by atoms with Gasteiger partial charge in [0.1, 0.15) is 5.75 Å². The number of sulfonamides is 1. The number of urea groups is 1. The lowest BCUT2D eigenvalue weighted by molar-refractivity contribution is 0.262.